The summed E-state index contributed by atoms with van der Waals surface area (Å²) in [5, 5.41) is 22.1. The van der Waals surface area contributed by atoms with Crippen molar-refractivity contribution in [2.75, 3.05) is 11.1 Å². The number of phenolic OH excluding ortho intramolecular Hbond substituents is 1. The number of aryl methyl sites for hydroxylation is 1. The maximum absolute atomic E-state index is 12.4. The third kappa shape index (κ3) is 4.14. The van der Waals surface area contributed by atoms with Crippen molar-refractivity contribution < 1.29 is 9.90 Å². The summed E-state index contributed by atoms with van der Waals surface area (Å²) in [5.74, 6) is 0.882. The molecule has 0 aliphatic rings. The first-order valence-electron chi connectivity index (χ1n) is 8.71. The molecule has 2 N–H and O–H groups in total. The van der Waals surface area contributed by atoms with Gasteiger partial charge in [0.2, 0.25) is 5.91 Å². The fourth-order valence-electron chi connectivity index (χ4n) is 2.75. The number of rotatable bonds is 6. The number of thioether (sulfide) groups is 1. The Morgan fingerprint density at radius 2 is 1.93 bits per heavy atom. The minimum atomic E-state index is -0.0940. The van der Waals surface area contributed by atoms with E-state index in [1.54, 1.807) is 18.2 Å². The van der Waals surface area contributed by atoms with E-state index in [9.17, 15) is 9.90 Å². The Bertz CT molecular complexity index is 968. The lowest BCUT2D eigenvalue weighted by Gasteiger charge is -2.11. The lowest BCUT2D eigenvalue weighted by molar-refractivity contribution is -0.113. The molecule has 3 rings (SSSR count). The highest BCUT2D eigenvalue weighted by molar-refractivity contribution is 7.99. The topological polar surface area (TPSA) is 80.0 Å². The number of hydrogen-bond donors (Lipinski definition) is 2. The van der Waals surface area contributed by atoms with Crippen LogP contribution in [0.25, 0.3) is 11.4 Å². The first kappa shape index (κ1) is 19.0. The number of para-hydroxylation sites is 1. The van der Waals surface area contributed by atoms with Crippen LogP contribution in [0.15, 0.2) is 47.6 Å². The van der Waals surface area contributed by atoms with Gasteiger partial charge in [0, 0.05) is 12.2 Å². The predicted octanol–water partition coefficient (Wildman–Crippen LogP) is 4.02. The van der Waals surface area contributed by atoms with Crippen LogP contribution in [0.4, 0.5) is 5.69 Å². The van der Waals surface area contributed by atoms with Crippen LogP contribution in [0.1, 0.15) is 18.1 Å². The predicted molar refractivity (Wildman–Crippen MR) is 108 cm³/mol. The quantitative estimate of drug-likeness (QED) is 0.630. The van der Waals surface area contributed by atoms with Gasteiger partial charge in [0.05, 0.1) is 11.3 Å². The first-order chi connectivity index (χ1) is 13.0. The van der Waals surface area contributed by atoms with Crippen molar-refractivity contribution in [3.05, 3.63) is 53.6 Å². The summed E-state index contributed by atoms with van der Waals surface area (Å²) in [6.45, 7) is 6.62. The zero-order chi connectivity index (χ0) is 19.4. The summed E-state index contributed by atoms with van der Waals surface area (Å²) in [6.07, 6.45) is 0. The zero-order valence-corrected chi connectivity index (χ0v) is 16.4. The van der Waals surface area contributed by atoms with Crippen LogP contribution in [0.5, 0.6) is 5.75 Å². The highest BCUT2D eigenvalue weighted by atomic mass is 32.2. The van der Waals surface area contributed by atoms with Crippen LogP contribution >= 0.6 is 11.8 Å². The normalized spacial score (nSPS) is 10.8. The Hall–Kier alpha value is -2.80. The second-order valence-corrected chi connectivity index (χ2v) is 7.09. The molecule has 0 aliphatic heterocycles. The molecule has 6 nitrogen and oxygen atoms in total. The summed E-state index contributed by atoms with van der Waals surface area (Å²) in [6, 6.07) is 12.9. The molecule has 1 amide bonds. The summed E-state index contributed by atoms with van der Waals surface area (Å²) >= 11 is 1.33. The van der Waals surface area contributed by atoms with Crippen molar-refractivity contribution in [3.63, 3.8) is 0 Å². The number of benzene rings is 2. The van der Waals surface area contributed by atoms with Crippen molar-refractivity contribution in [1.29, 1.82) is 0 Å². The fourth-order valence-corrected chi connectivity index (χ4v) is 3.55. The van der Waals surface area contributed by atoms with E-state index in [-0.39, 0.29) is 17.4 Å². The lowest BCUT2D eigenvalue weighted by Crippen LogP contribution is -2.15. The number of hydrogen-bond acceptors (Lipinski definition) is 5. The highest BCUT2D eigenvalue weighted by Gasteiger charge is 2.17. The van der Waals surface area contributed by atoms with Crippen molar-refractivity contribution in [2.45, 2.75) is 32.5 Å². The minimum absolute atomic E-state index is 0.0940. The molecule has 0 atom stereocenters. The number of amides is 1. The van der Waals surface area contributed by atoms with Crippen LogP contribution in [0.3, 0.4) is 0 Å². The SMILES string of the molecule is CCn1c(SCC(=O)Nc2cccc(C)c2C)nnc1-c1ccccc1O. The molecule has 0 aliphatic carbocycles. The second kappa shape index (κ2) is 8.26. The van der Waals surface area contributed by atoms with Gasteiger partial charge in [-0.25, -0.2) is 0 Å². The Balaban J connectivity index is 1.72. The van der Waals surface area contributed by atoms with Gasteiger partial charge in [0.1, 0.15) is 5.75 Å². The Labute approximate surface area is 162 Å². The molecule has 27 heavy (non-hydrogen) atoms. The standard InChI is InChI=1S/C20H22N4O2S/c1-4-24-19(15-9-5-6-11-17(15)25)22-23-20(24)27-12-18(26)21-16-10-7-8-13(2)14(16)3/h5-11,25H,4,12H2,1-3H3,(H,21,26). The second-order valence-electron chi connectivity index (χ2n) is 6.15. The molecule has 0 spiro atoms. The van der Waals surface area contributed by atoms with Crippen LogP contribution in [0.2, 0.25) is 0 Å². The molecule has 7 heteroatoms. The van der Waals surface area contributed by atoms with Crippen molar-refractivity contribution in [3.8, 4) is 17.1 Å². The van der Waals surface area contributed by atoms with Crippen LogP contribution in [-0.4, -0.2) is 31.5 Å². The Kier molecular flexibility index (Phi) is 5.81. The molecular formula is C20H22N4O2S. The molecule has 1 aromatic heterocycles. The summed E-state index contributed by atoms with van der Waals surface area (Å²) < 4.78 is 1.89. The van der Waals surface area contributed by atoms with E-state index in [1.807, 2.05) is 49.6 Å². The van der Waals surface area contributed by atoms with E-state index in [0.29, 0.717) is 23.1 Å². The zero-order valence-electron chi connectivity index (χ0n) is 15.6. The van der Waals surface area contributed by atoms with Gasteiger partial charge in [-0.3, -0.25) is 4.79 Å². The first-order valence-corrected chi connectivity index (χ1v) is 9.70. The van der Waals surface area contributed by atoms with Crippen molar-refractivity contribution in [1.82, 2.24) is 14.8 Å². The molecule has 0 bridgehead atoms. The Morgan fingerprint density at radius 1 is 1.15 bits per heavy atom. The minimum Gasteiger partial charge on any atom is -0.507 e. The van der Waals surface area contributed by atoms with E-state index in [2.05, 4.69) is 15.5 Å². The third-order valence-corrected chi connectivity index (χ3v) is 5.36. The summed E-state index contributed by atoms with van der Waals surface area (Å²) in [5.41, 5.74) is 3.65. The van der Waals surface area contributed by atoms with E-state index in [0.717, 1.165) is 16.8 Å². The van der Waals surface area contributed by atoms with Gasteiger partial charge in [-0.2, -0.15) is 0 Å². The number of phenols is 1. The number of nitrogens with zero attached hydrogens (tertiary/aromatic N) is 3. The number of carbonyl (C=O) groups is 1. The maximum Gasteiger partial charge on any atom is 0.234 e. The van der Waals surface area contributed by atoms with Gasteiger partial charge < -0.3 is 15.0 Å². The lowest BCUT2D eigenvalue weighted by atomic mass is 10.1. The number of anilines is 1. The van der Waals surface area contributed by atoms with Gasteiger partial charge in [-0.1, -0.05) is 36.0 Å². The third-order valence-electron chi connectivity index (χ3n) is 4.39. The molecule has 0 unspecified atom stereocenters. The summed E-state index contributed by atoms with van der Waals surface area (Å²) in [4.78, 5) is 12.4. The molecule has 3 aromatic rings. The summed E-state index contributed by atoms with van der Waals surface area (Å²) in [7, 11) is 0. The fraction of sp³-hybridized carbons (Fsp3) is 0.250. The molecular weight excluding hydrogens is 360 g/mol. The molecule has 0 fully saturated rings. The Morgan fingerprint density at radius 3 is 2.67 bits per heavy atom. The number of carbonyl (C=O) groups excluding carboxylic acids is 1. The van der Waals surface area contributed by atoms with Crippen LogP contribution < -0.4 is 5.32 Å². The van der Waals surface area contributed by atoms with Gasteiger partial charge in [0.15, 0.2) is 11.0 Å². The van der Waals surface area contributed by atoms with Gasteiger partial charge in [0.25, 0.3) is 0 Å². The van der Waals surface area contributed by atoms with Gasteiger partial charge in [-0.15, -0.1) is 10.2 Å². The smallest absolute Gasteiger partial charge is 0.234 e. The molecule has 0 saturated heterocycles. The average Bonchev–Trinajstić information content (AvgIpc) is 3.07. The van der Waals surface area contributed by atoms with Crippen molar-refractivity contribution >= 4 is 23.4 Å². The van der Waals surface area contributed by atoms with E-state index < -0.39 is 0 Å². The largest absolute Gasteiger partial charge is 0.507 e. The molecule has 2 aromatic carbocycles. The van der Waals surface area contributed by atoms with E-state index in [1.165, 1.54) is 11.8 Å². The molecule has 0 radical (unpaired) electrons. The number of aromatic nitrogens is 3. The van der Waals surface area contributed by atoms with Crippen molar-refractivity contribution in [2.24, 2.45) is 0 Å². The average molecular weight is 382 g/mol. The maximum atomic E-state index is 12.4. The van der Waals surface area contributed by atoms with Gasteiger partial charge in [-0.05, 0) is 50.1 Å². The monoisotopic (exact) mass is 382 g/mol. The van der Waals surface area contributed by atoms with Crippen LogP contribution in [-0.2, 0) is 11.3 Å². The van der Waals surface area contributed by atoms with Gasteiger partial charge >= 0.3 is 0 Å². The number of aromatic hydroxyl groups is 1. The molecule has 140 valence electrons. The van der Waals surface area contributed by atoms with E-state index >= 15 is 0 Å². The van der Waals surface area contributed by atoms with Crippen LogP contribution in [0, 0.1) is 13.8 Å². The molecule has 0 saturated carbocycles. The van der Waals surface area contributed by atoms with E-state index in [4.69, 9.17) is 0 Å². The molecule has 1 heterocycles. The number of nitrogens with one attached hydrogen (secondary N) is 1. The highest BCUT2D eigenvalue weighted by Crippen LogP contribution is 2.30.